The number of ether oxygens (including phenoxy) is 1. The van der Waals surface area contributed by atoms with Crippen LogP contribution in [0.3, 0.4) is 0 Å². The molecule has 0 aliphatic carbocycles. The summed E-state index contributed by atoms with van der Waals surface area (Å²) < 4.78 is 5.31. The summed E-state index contributed by atoms with van der Waals surface area (Å²) in [5.41, 5.74) is 1.70. The summed E-state index contributed by atoms with van der Waals surface area (Å²) in [5, 5.41) is 6.31. The normalized spacial score (nSPS) is 19.1. The van der Waals surface area contributed by atoms with Crippen molar-refractivity contribution in [3.05, 3.63) is 48.0 Å². The van der Waals surface area contributed by atoms with Crippen LogP contribution < -0.4 is 5.32 Å². The Morgan fingerprint density at radius 3 is 2.63 bits per heavy atom. The highest BCUT2D eigenvalue weighted by Crippen LogP contribution is 2.28. The van der Waals surface area contributed by atoms with Crippen molar-refractivity contribution < 1.29 is 4.74 Å². The molecule has 0 bridgehead atoms. The van der Waals surface area contributed by atoms with Crippen LogP contribution in [-0.4, -0.2) is 19.8 Å². The Kier molecular flexibility index (Phi) is 3.29. The first kappa shape index (κ1) is 12.6. The Morgan fingerprint density at radius 2 is 1.89 bits per heavy atom. The van der Waals surface area contributed by atoms with Crippen LogP contribution in [0, 0.1) is 5.41 Å². The van der Waals surface area contributed by atoms with Crippen molar-refractivity contribution in [3.63, 3.8) is 0 Å². The second-order valence-corrected chi connectivity index (χ2v) is 5.97. The van der Waals surface area contributed by atoms with Crippen LogP contribution in [0.25, 0.3) is 10.8 Å². The van der Waals surface area contributed by atoms with E-state index in [2.05, 4.69) is 61.6 Å². The number of hydrogen-bond donors (Lipinski definition) is 1. The molecular weight excluding hydrogens is 234 g/mol. The van der Waals surface area contributed by atoms with Gasteiger partial charge in [0.15, 0.2) is 0 Å². The number of nitrogens with one attached hydrogen (secondary N) is 1. The summed E-state index contributed by atoms with van der Waals surface area (Å²) in [6.07, 6.45) is 0. The quantitative estimate of drug-likeness (QED) is 0.902. The molecule has 1 unspecified atom stereocenters. The van der Waals surface area contributed by atoms with E-state index in [9.17, 15) is 0 Å². The van der Waals surface area contributed by atoms with Gasteiger partial charge in [0.1, 0.15) is 0 Å². The minimum absolute atomic E-state index is 0.318. The van der Waals surface area contributed by atoms with Crippen LogP contribution in [0.5, 0.6) is 0 Å². The van der Waals surface area contributed by atoms with Crippen molar-refractivity contribution in [2.24, 2.45) is 5.41 Å². The first-order valence-corrected chi connectivity index (χ1v) is 6.97. The molecule has 2 nitrogen and oxygen atoms in total. The van der Waals surface area contributed by atoms with Crippen molar-refractivity contribution in [2.75, 3.05) is 19.8 Å². The summed E-state index contributed by atoms with van der Waals surface area (Å²) >= 11 is 0. The minimum Gasteiger partial charge on any atom is -0.380 e. The van der Waals surface area contributed by atoms with Crippen LogP contribution in [0.15, 0.2) is 42.5 Å². The summed E-state index contributed by atoms with van der Waals surface area (Å²) in [5.74, 6) is 0. The zero-order valence-corrected chi connectivity index (χ0v) is 11.6. The van der Waals surface area contributed by atoms with Crippen molar-refractivity contribution in [1.82, 2.24) is 5.32 Å². The molecule has 0 amide bonds. The van der Waals surface area contributed by atoms with E-state index in [1.807, 2.05) is 0 Å². The lowest BCUT2D eigenvalue weighted by molar-refractivity contribution is -0.0998. The third kappa shape index (κ3) is 2.51. The second kappa shape index (κ2) is 4.95. The fourth-order valence-corrected chi connectivity index (χ4v) is 2.69. The first-order valence-electron chi connectivity index (χ1n) is 6.97. The predicted octanol–water partition coefficient (Wildman–Crippen LogP) is 3.53. The van der Waals surface area contributed by atoms with E-state index in [0.717, 1.165) is 19.8 Å². The molecule has 1 heterocycles. The number of rotatable bonds is 4. The van der Waals surface area contributed by atoms with Crippen molar-refractivity contribution in [1.29, 1.82) is 0 Å². The second-order valence-electron chi connectivity index (χ2n) is 5.97. The van der Waals surface area contributed by atoms with E-state index in [-0.39, 0.29) is 0 Å². The van der Waals surface area contributed by atoms with E-state index >= 15 is 0 Å². The number of fused-ring (bicyclic) bond motifs is 1. The molecule has 0 saturated carbocycles. The first-order chi connectivity index (χ1) is 9.18. The molecule has 1 fully saturated rings. The Balaban J connectivity index is 1.79. The zero-order chi connectivity index (χ0) is 13.3. The average molecular weight is 255 g/mol. The van der Waals surface area contributed by atoms with E-state index in [1.54, 1.807) is 0 Å². The lowest BCUT2D eigenvalue weighted by Crippen LogP contribution is -2.47. The highest BCUT2D eigenvalue weighted by Gasteiger charge is 2.33. The Labute approximate surface area is 114 Å². The van der Waals surface area contributed by atoms with E-state index in [4.69, 9.17) is 4.74 Å². The van der Waals surface area contributed by atoms with Crippen molar-refractivity contribution >= 4 is 10.8 Å². The van der Waals surface area contributed by atoms with Crippen LogP contribution in [0.4, 0.5) is 0 Å². The van der Waals surface area contributed by atoms with Gasteiger partial charge >= 0.3 is 0 Å². The van der Waals surface area contributed by atoms with Crippen LogP contribution in [0.1, 0.15) is 25.5 Å². The Bertz CT molecular complexity index is 569. The van der Waals surface area contributed by atoms with Gasteiger partial charge in [0.25, 0.3) is 0 Å². The largest absolute Gasteiger partial charge is 0.380 e. The molecule has 0 radical (unpaired) electrons. The van der Waals surface area contributed by atoms with Gasteiger partial charge < -0.3 is 10.1 Å². The van der Waals surface area contributed by atoms with E-state index in [0.29, 0.717) is 11.5 Å². The highest BCUT2D eigenvalue weighted by molar-refractivity contribution is 5.86. The van der Waals surface area contributed by atoms with Crippen LogP contribution in [0.2, 0.25) is 0 Å². The van der Waals surface area contributed by atoms with Gasteiger partial charge in [0, 0.05) is 18.0 Å². The molecule has 100 valence electrons. The SMILES string of the molecule is CC(NCC1(C)COC1)c1cccc2ccccc12. The molecular formula is C17H21NO. The minimum atomic E-state index is 0.318. The Hall–Kier alpha value is -1.38. The third-order valence-corrected chi connectivity index (χ3v) is 4.03. The van der Waals surface area contributed by atoms with Gasteiger partial charge in [-0.25, -0.2) is 0 Å². The molecule has 19 heavy (non-hydrogen) atoms. The van der Waals surface area contributed by atoms with Crippen molar-refractivity contribution in [3.8, 4) is 0 Å². The lowest BCUT2D eigenvalue weighted by Gasteiger charge is -2.39. The topological polar surface area (TPSA) is 21.3 Å². The van der Waals surface area contributed by atoms with Gasteiger partial charge in [-0.1, -0.05) is 49.4 Å². The molecule has 3 rings (SSSR count). The maximum atomic E-state index is 5.31. The van der Waals surface area contributed by atoms with E-state index < -0.39 is 0 Å². The average Bonchev–Trinajstić information content (AvgIpc) is 2.42. The van der Waals surface area contributed by atoms with Gasteiger partial charge in [0.05, 0.1) is 13.2 Å². The zero-order valence-electron chi connectivity index (χ0n) is 11.6. The molecule has 2 heteroatoms. The van der Waals surface area contributed by atoms with Gasteiger partial charge in [0.2, 0.25) is 0 Å². The van der Waals surface area contributed by atoms with Gasteiger partial charge in [-0.05, 0) is 23.3 Å². The predicted molar refractivity (Wildman–Crippen MR) is 79.3 cm³/mol. The van der Waals surface area contributed by atoms with Gasteiger partial charge in [-0.3, -0.25) is 0 Å². The summed E-state index contributed by atoms with van der Waals surface area (Å²) in [7, 11) is 0. The Morgan fingerprint density at radius 1 is 1.16 bits per heavy atom. The smallest absolute Gasteiger partial charge is 0.0554 e. The molecule has 2 aromatic rings. The summed E-state index contributed by atoms with van der Waals surface area (Å²) in [4.78, 5) is 0. The number of hydrogen-bond acceptors (Lipinski definition) is 2. The molecule has 0 spiro atoms. The van der Waals surface area contributed by atoms with Gasteiger partial charge in [-0.2, -0.15) is 0 Å². The molecule has 1 aliphatic heterocycles. The van der Waals surface area contributed by atoms with Crippen LogP contribution in [-0.2, 0) is 4.74 Å². The summed E-state index contributed by atoms with van der Waals surface area (Å²) in [6.45, 7) is 7.28. The number of benzene rings is 2. The molecule has 1 aliphatic rings. The monoisotopic (exact) mass is 255 g/mol. The maximum absolute atomic E-state index is 5.31. The van der Waals surface area contributed by atoms with Crippen molar-refractivity contribution in [2.45, 2.75) is 19.9 Å². The third-order valence-electron chi connectivity index (χ3n) is 4.03. The fraction of sp³-hybridized carbons (Fsp3) is 0.412. The maximum Gasteiger partial charge on any atom is 0.0554 e. The highest BCUT2D eigenvalue weighted by atomic mass is 16.5. The molecule has 1 N–H and O–H groups in total. The standard InChI is InChI=1S/C17H21NO/c1-13(18-10-17(2)11-19-12-17)15-9-5-7-14-6-3-4-8-16(14)15/h3-9,13,18H,10-12H2,1-2H3. The molecule has 0 aromatic heterocycles. The lowest BCUT2D eigenvalue weighted by atomic mass is 9.88. The molecule has 1 atom stereocenters. The van der Waals surface area contributed by atoms with E-state index in [1.165, 1.54) is 16.3 Å². The fourth-order valence-electron chi connectivity index (χ4n) is 2.69. The summed E-state index contributed by atoms with van der Waals surface area (Å²) in [6, 6.07) is 15.5. The molecule has 2 aromatic carbocycles. The molecule has 1 saturated heterocycles. The van der Waals surface area contributed by atoms with Crippen LogP contribution >= 0.6 is 0 Å². The van der Waals surface area contributed by atoms with Gasteiger partial charge in [-0.15, -0.1) is 0 Å².